The lowest BCUT2D eigenvalue weighted by atomic mass is 10.3. The molecule has 0 unspecified atom stereocenters. The molecule has 0 atom stereocenters. The third-order valence-corrected chi connectivity index (χ3v) is 2.43. The topological polar surface area (TPSA) is 73.3 Å². The number of hydrogen-bond acceptors (Lipinski definition) is 6. The summed E-state index contributed by atoms with van der Waals surface area (Å²) >= 11 is 0. The van der Waals surface area contributed by atoms with E-state index in [1.54, 1.807) is 13.0 Å². The molecular weight excluding hydrogens is 258 g/mol. The number of nitrogens with one attached hydrogen (secondary N) is 1. The zero-order valence-corrected chi connectivity index (χ0v) is 12.4. The smallest absolute Gasteiger partial charge is 0.305 e. The molecule has 0 bridgehead atoms. The Hall–Kier alpha value is -1.85. The van der Waals surface area contributed by atoms with E-state index in [9.17, 15) is 4.79 Å². The molecule has 0 aromatic carbocycles. The minimum absolute atomic E-state index is 0.175. The largest absolute Gasteiger partial charge is 0.478 e. The second-order valence-electron chi connectivity index (χ2n) is 4.35. The fourth-order valence-corrected chi connectivity index (χ4v) is 1.57. The number of esters is 1. The van der Waals surface area contributed by atoms with Gasteiger partial charge in [-0.2, -0.15) is 4.98 Å². The maximum atomic E-state index is 11.2. The Morgan fingerprint density at radius 1 is 1.35 bits per heavy atom. The van der Waals surface area contributed by atoms with Gasteiger partial charge in [0.25, 0.3) is 0 Å². The standard InChI is InChI=1S/C14H23N3O3/c1-4-9-20-12-10-11(3)16-14(17-12)15-8-6-7-13(18)19-5-2/h10H,4-9H2,1-3H3,(H,15,16,17). The summed E-state index contributed by atoms with van der Waals surface area (Å²) in [6.45, 7) is 7.42. The molecule has 0 aliphatic rings. The number of rotatable bonds is 9. The molecule has 0 saturated heterocycles. The van der Waals surface area contributed by atoms with Crippen molar-refractivity contribution in [3.8, 4) is 5.88 Å². The molecule has 0 aliphatic carbocycles. The fourth-order valence-electron chi connectivity index (χ4n) is 1.57. The van der Waals surface area contributed by atoms with Gasteiger partial charge in [0, 0.05) is 24.7 Å². The molecule has 6 heteroatoms. The second-order valence-corrected chi connectivity index (χ2v) is 4.35. The number of carbonyl (C=O) groups is 1. The van der Waals surface area contributed by atoms with E-state index in [4.69, 9.17) is 9.47 Å². The summed E-state index contributed by atoms with van der Waals surface area (Å²) in [7, 11) is 0. The van der Waals surface area contributed by atoms with Gasteiger partial charge in [-0.15, -0.1) is 0 Å². The Morgan fingerprint density at radius 3 is 2.85 bits per heavy atom. The van der Waals surface area contributed by atoms with E-state index in [-0.39, 0.29) is 5.97 Å². The first-order valence-electron chi connectivity index (χ1n) is 7.03. The first-order valence-corrected chi connectivity index (χ1v) is 7.03. The van der Waals surface area contributed by atoms with Crippen LogP contribution in [-0.4, -0.2) is 35.7 Å². The number of aromatic nitrogens is 2. The average molecular weight is 281 g/mol. The van der Waals surface area contributed by atoms with Gasteiger partial charge in [-0.1, -0.05) is 6.92 Å². The van der Waals surface area contributed by atoms with Crippen molar-refractivity contribution in [1.82, 2.24) is 9.97 Å². The minimum Gasteiger partial charge on any atom is -0.478 e. The molecule has 112 valence electrons. The van der Waals surface area contributed by atoms with Gasteiger partial charge in [0.15, 0.2) is 0 Å². The summed E-state index contributed by atoms with van der Waals surface area (Å²) in [6, 6.07) is 1.81. The SMILES string of the molecule is CCCOc1cc(C)nc(NCCCC(=O)OCC)n1. The van der Waals surface area contributed by atoms with Crippen molar-refractivity contribution in [1.29, 1.82) is 0 Å². The van der Waals surface area contributed by atoms with Gasteiger partial charge in [0.1, 0.15) is 0 Å². The van der Waals surface area contributed by atoms with Crippen molar-refractivity contribution in [3.63, 3.8) is 0 Å². The highest BCUT2D eigenvalue weighted by molar-refractivity contribution is 5.69. The van der Waals surface area contributed by atoms with Crippen LogP contribution in [-0.2, 0) is 9.53 Å². The Kier molecular flexibility index (Phi) is 7.39. The lowest BCUT2D eigenvalue weighted by Gasteiger charge is -2.08. The zero-order valence-electron chi connectivity index (χ0n) is 12.4. The fraction of sp³-hybridized carbons (Fsp3) is 0.643. The van der Waals surface area contributed by atoms with Crippen LogP contribution in [0.25, 0.3) is 0 Å². The highest BCUT2D eigenvalue weighted by atomic mass is 16.5. The van der Waals surface area contributed by atoms with Gasteiger partial charge in [0.2, 0.25) is 11.8 Å². The summed E-state index contributed by atoms with van der Waals surface area (Å²) in [5.41, 5.74) is 0.846. The molecule has 6 nitrogen and oxygen atoms in total. The molecule has 0 radical (unpaired) electrons. The van der Waals surface area contributed by atoms with Crippen LogP contribution in [0.15, 0.2) is 6.07 Å². The molecule has 0 aliphatic heterocycles. The average Bonchev–Trinajstić information content (AvgIpc) is 2.41. The van der Waals surface area contributed by atoms with E-state index in [1.807, 2.05) is 13.8 Å². The highest BCUT2D eigenvalue weighted by Gasteiger charge is 2.04. The van der Waals surface area contributed by atoms with Crippen LogP contribution in [0.2, 0.25) is 0 Å². The molecular formula is C14H23N3O3. The normalized spacial score (nSPS) is 10.2. The third-order valence-electron chi connectivity index (χ3n) is 2.43. The highest BCUT2D eigenvalue weighted by Crippen LogP contribution is 2.12. The lowest BCUT2D eigenvalue weighted by Crippen LogP contribution is -2.10. The Labute approximate surface area is 119 Å². The number of anilines is 1. The molecule has 0 amide bonds. The molecule has 1 N–H and O–H groups in total. The van der Waals surface area contributed by atoms with Crippen molar-refractivity contribution in [3.05, 3.63) is 11.8 Å². The van der Waals surface area contributed by atoms with Gasteiger partial charge in [-0.3, -0.25) is 4.79 Å². The summed E-state index contributed by atoms with van der Waals surface area (Å²) < 4.78 is 10.3. The van der Waals surface area contributed by atoms with E-state index in [0.29, 0.717) is 44.4 Å². The van der Waals surface area contributed by atoms with Crippen LogP contribution >= 0.6 is 0 Å². The number of ether oxygens (including phenoxy) is 2. The van der Waals surface area contributed by atoms with Crippen molar-refractivity contribution < 1.29 is 14.3 Å². The van der Waals surface area contributed by atoms with Crippen LogP contribution in [0, 0.1) is 6.92 Å². The Morgan fingerprint density at radius 2 is 2.15 bits per heavy atom. The molecule has 0 fully saturated rings. The van der Waals surface area contributed by atoms with Gasteiger partial charge < -0.3 is 14.8 Å². The van der Waals surface area contributed by atoms with Crippen molar-refractivity contribution in [2.24, 2.45) is 0 Å². The Balaban J connectivity index is 2.39. The number of aryl methyl sites for hydroxylation is 1. The molecule has 0 saturated carbocycles. The van der Waals surface area contributed by atoms with E-state index in [2.05, 4.69) is 15.3 Å². The van der Waals surface area contributed by atoms with E-state index in [1.165, 1.54) is 0 Å². The van der Waals surface area contributed by atoms with Crippen LogP contribution in [0.5, 0.6) is 5.88 Å². The number of hydrogen-bond donors (Lipinski definition) is 1. The number of nitrogens with zero attached hydrogens (tertiary/aromatic N) is 2. The number of carbonyl (C=O) groups excluding carboxylic acids is 1. The maximum absolute atomic E-state index is 11.2. The first-order chi connectivity index (χ1) is 9.65. The molecule has 1 aromatic heterocycles. The maximum Gasteiger partial charge on any atom is 0.305 e. The van der Waals surface area contributed by atoms with Crippen LogP contribution in [0.4, 0.5) is 5.95 Å². The first kappa shape index (κ1) is 16.2. The summed E-state index contributed by atoms with van der Waals surface area (Å²) in [5, 5.41) is 3.09. The van der Waals surface area contributed by atoms with Crippen molar-refractivity contribution in [2.75, 3.05) is 25.1 Å². The predicted molar refractivity (Wildman–Crippen MR) is 76.9 cm³/mol. The summed E-state index contributed by atoms with van der Waals surface area (Å²) in [5.74, 6) is 0.929. The quantitative estimate of drug-likeness (QED) is 0.553. The molecule has 1 heterocycles. The van der Waals surface area contributed by atoms with Gasteiger partial charge in [-0.05, 0) is 26.7 Å². The van der Waals surface area contributed by atoms with Crippen molar-refractivity contribution in [2.45, 2.75) is 40.0 Å². The third kappa shape index (κ3) is 6.36. The minimum atomic E-state index is -0.175. The summed E-state index contributed by atoms with van der Waals surface area (Å²) in [4.78, 5) is 19.7. The molecule has 0 spiro atoms. The Bertz CT molecular complexity index is 424. The lowest BCUT2D eigenvalue weighted by molar-refractivity contribution is -0.143. The molecule has 1 aromatic rings. The zero-order chi connectivity index (χ0) is 14.8. The van der Waals surface area contributed by atoms with Crippen molar-refractivity contribution >= 4 is 11.9 Å². The van der Waals surface area contributed by atoms with Gasteiger partial charge >= 0.3 is 5.97 Å². The van der Waals surface area contributed by atoms with E-state index < -0.39 is 0 Å². The predicted octanol–water partition coefficient (Wildman–Crippen LogP) is 2.33. The molecule has 1 rings (SSSR count). The van der Waals surface area contributed by atoms with Crippen LogP contribution in [0.3, 0.4) is 0 Å². The van der Waals surface area contributed by atoms with E-state index in [0.717, 1.165) is 12.1 Å². The van der Waals surface area contributed by atoms with Gasteiger partial charge in [0.05, 0.1) is 13.2 Å². The van der Waals surface area contributed by atoms with Gasteiger partial charge in [-0.25, -0.2) is 4.98 Å². The monoisotopic (exact) mass is 281 g/mol. The van der Waals surface area contributed by atoms with Crippen LogP contribution < -0.4 is 10.1 Å². The molecule has 20 heavy (non-hydrogen) atoms. The second kappa shape index (κ2) is 9.12. The summed E-state index contributed by atoms with van der Waals surface area (Å²) in [6.07, 6.45) is 2.01. The van der Waals surface area contributed by atoms with Crippen LogP contribution in [0.1, 0.15) is 38.8 Å². The van der Waals surface area contributed by atoms with E-state index >= 15 is 0 Å².